The van der Waals surface area contributed by atoms with Gasteiger partial charge in [0, 0.05) is 4.88 Å². The number of benzene rings is 1. The van der Waals surface area contributed by atoms with Crippen LogP contribution >= 0.6 is 27.3 Å². The highest BCUT2D eigenvalue weighted by atomic mass is 79.9. The van der Waals surface area contributed by atoms with E-state index in [4.69, 9.17) is 0 Å². The first-order valence-corrected chi connectivity index (χ1v) is 9.72. The second-order valence-electron chi connectivity index (χ2n) is 6.12. The van der Waals surface area contributed by atoms with Crippen molar-refractivity contribution in [1.82, 2.24) is 9.66 Å². The van der Waals surface area contributed by atoms with Gasteiger partial charge < -0.3 is 5.11 Å². The highest BCUT2D eigenvalue weighted by Gasteiger charge is 2.21. The molecule has 5 nitrogen and oxygen atoms in total. The third-order valence-corrected chi connectivity index (χ3v) is 6.24. The zero-order chi connectivity index (χ0) is 17.6. The Hall–Kier alpha value is -1.99. The van der Waals surface area contributed by atoms with Crippen LogP contribution in [0, 0.1) is 6.92 Å². The maximum absolute atomic E-state index is 13.0. The molecule has 0 fully saturated rings. The number of aryl methyl sites for hydroxylation is 3. The Bertz CT molecular complexity index is 1070. The van der Waals surface area contributed by atoms with Gasteiger partial charge in [-0.2, -0.15) is 9.78 Å². The lowest BCUT2D eigenvalue weighted by molar-refractivity contribution is 0.472. The summed E-state index contributed by atoms with van der Waals surface area (Å²) in [7, 11) is 0. The quantitative estimate of drug-likeness (QED) is 0.640. The minimum atomic E-state index is -0.101. The highest BCUT2D eigenvalue weighted by molar-refractivity contribution is 9.10. The van der Waals surface area contributed by atoms with Gasteiger partial charge in [-0.15, -0.1) is 11.3 Å². The number of phenolic OH excluding ortho intramolecular Hbond substituents is 1. The average Bonchev–Trinajstić information content (AvgIpc) is 2.95. The zero-order valence-electron chi connectivity index (χ0n) is 13.6. The van der Waals surface area contributed by atoms with Crippen molar-refractivity contribution >= 4 is 43.7 Å². The number of aromatic hydroxyl groups is 1. The molecule has 0 amide bonds. The molecule has 128 valence electrons. The molecule has 0 saturated heterocycles. The van der Waals surface area contributed by atoms with E-state index in [2.05, 4.69) is 26.0 Å². The average molecular weight is 418 g/mol. The van der Waals surface area contributed by atoms with Crippen LogP contribution in [0.25, 0.3) is 10.2 Å². The van der Waals surface area contributed by atoms with Gasteiger partial charge in [-0.25, -0.2) is 4.98 Å². The van der Waals surface area contributed by atoms with E-state index in [1.807, 2.05) is 0 Å². The van der Waals surface area contributed by atoms with Crippen LogP contribution in [-0.2, 0) is 12.8 Å². The number of halogens is 1. The van der Waals surface area contributed by atoms with E-state index < -0.39 is 0 Å². The van der Waals surface area contributed by atoms with Crippen LogP contribution in [-0.4, -0.2) is 21.0 Å². The first-order chi connectivity index (χ1) is 12.0. The minimum Gasteiger partial charge on any atom is -0.507 e. The van der Waals surface area contributed by atoms with Gasteiger partial charge in [-0.3, -0.25) is 4.79 Å². The molecule has 0 saturated carbocycles. The molecule has 0 unspecified atom stereocenters. The Kier molecular flexibility index (Phi) is 4.21. The summed E-state index contributed by atoms with van der Waals surface area (Å²) in [6.07, 6.45) is 5.90. The highest BCUT2D eigenvalue weighted by Crippen LogP contribution is 2.33. The lowest BCUT2D eigenvalue weighted by atomic mass is 9.97. The third kappa shape index (κ3) is 2.91. The van der Waals surface area contributed by atoms with Gasteiger partial charge in [0.15, 0.2) is 0 Å². The second-order valence-corrected chi connectivity index (χ2v) is 8.06. The lowest BCUT2D eigenvalue weighted by Crippen LogP contribution is -2.21. The molecule has 4 rings (SSSR count). The van der Waals surface area contributed by atoms with E-state index >= 15 is 0 Å². The molecule has 2 aromatic heterocycles. The second kappa shape index (κ2) is 6.38. The van der Waals surface area contributed by atoms with Crippen molar-refractivity contribution in [1.29, 1.82) is 0 Å². The van der Waals surface area contributed by atoms with Crippen molar-refractivity contribution in [3.05, 3.63) is 54.9 Å². The van der Waals surface area contributed by atoms with Crippen LogP contribution in [0.1, 0.15) is 34.7 Å². The molecular weight excluding hydrogens is 402 g/mol. The summed E-state index contributed by atoms with van der Waals surface area (Å²) in [5.41, 5.74) is 1.85. The van der Waals surface area contributed by atoms with Gasteiger partial charge in [0.25, 0.3) is 5.56 Å². The predicted octanol–water partition coefficient (Wildman–Crippen LogP) is 4.00. The van der Waals surface area contributed by atoms with Gasteiger partial charge in [0.2, 0.25) is 0 Å². The van der Waals surface area contributed by atoms with Crippen LogP contribution in [0.3, 0.4) is 0 Å². The van der Waals surface area contributed by atoms with Crippen molar-refractivity contribution < 1.29 is 5.11 Å². The van der Waals surface area contributed by atoms with E-state index in [0.717, 1.165) is 35.0 Å². The number of thiophene rings is 1. The Morgan fingerprint density at radius 3 is 2.96 bits per heavy atom. The molecule has 25 heavy (non-hydrogen) atoms. The van der Waals surface area contributed by atoms with Gasteiger partial charge in [0.1, 0.15) is 16.4 Å². The normalized spacial score (nSPS) is 14.3. The number of fused-ring (bicyclic) bond motifs is 3. The van der Waals surface area contributed by atoms with E-state index in [-0.39, 0.29) is 11.3 Å². The SMILES string of the molecule is Cc1nc2sc3c(c2c(=O)n1/N=C\c1ccc(O)c(Br)c1)CCCC3. The van der Waals surface area contributed by atoms with Crippen LogP contribution in [0.15, 0.2) is 32.6 Å². The monoisotopic (exact) mass is 417 g/mol. The first kappa shape index (κ1) is 16.5. The summed E-state index contributed by atoms with van der Waals surface area (Å²) in [5, 5.41) is 14.6. The summed E-state index contributed by atoms with van der Waals surface area (Å²) < 4.78 is 1.95. The van der Waals surface area contributed by atoms with Crippen molar-refractivity contribution in [2.75, 3.05) is 0 Å². The molecule has 1 aromatic carbocycles. The largest absolute Gasteiger partial charge is 0.507 e. The van der Waals surface area contributed by atoms with Gasteiger partial charge in [-0.1, -0.05) is 0 Å². The summed E-state index contributed by atoms with van der Waals surface area (Å²) in [6.45, 7) is 1.80. The number of nitrogens with zero attached hydrogens (tertiary/aromatic N) is 3. The molecule has 0 aliphatic heterocycles. The van der Waals surface area contributed by atoms with Crippen LogP contribution in [0.4, 0.5) is 0 Å². The summed E-state index contributed by atoms with van der Waals surface area (Å²) in [4.78, 5) is 19.7. The van der Waals surface area contributed by atoms with E-state index in [1.165, 1.54) is 21.5 Å². The third-order valence-electron chi connectivity index (χ3n) is 4.42. The van der Waals surface area contributed by atoms with E-state index in [9.17, 15) is 9.90 Å². The molecule has 0 bridgehead atoms. The Balaban J connectivity index is 1.82. The smallest absolute Gasteiger partial charge is 0.283 e. The molecule has 7 heteroatoms. The topological polar surface area (TPSA) is 67.5 Å². The molecule has 1 aliphatic carbocycles. The summed E-state index contributed by atoms with van der Waals surface area (Å²) >= 11 is 4.92. The van der Waals surface area contributed by atoms with Crippen molar-refractivity contribution in [3.63, 3.8) is 0 Å². The fourth-order valence-corrected chi connectivity index (χ4v) is 4.86. The summed E-state index contributed by atoms with van der Waals surface area (Å²) in [6, 6.07) is 5.07. The zero-order valence-corrected chi connectivity index (χ0v) is 16.0. The maximum Gasteiger partial charge on any atom is 0.283 e. The van der Waals surface area contributed by atoms with E-state index in [1.54, 1.807) is 42.7 Å². The summed E-state index contributed by atoms with van der Waals surface area (Å²) in [5.74, 6) is 0.740. The number of aromatic nitrogens is 2. The van der Waals surface area contributed by atoms with Gasteiger partial charge in [0.05, 0.1) is 16.1 Å². The molecule has 2 heterocycles. The Morgan fingerprint density at radius 2 is 2.16 bits per heavy atom. The van der Waals surface area contributed by atoms with Gasteiger partial charge >= 0.3 is 0 Å². The molecule has 3 aromatic rings. The number of phenols is 1. The van der Waals surface area contributed by atoms with Crippen LogP contribution in [0.2, 0.25) is 0 Å². The van der Waals surface area contributed by atoms with Gasteiger partial charge in [-0.05, 0) is 77.9 Å². The molecule has 1 N–H and O–H groups in total. The number of hydrogen-bond donors (Lipinski definition) is 1. The molecular formula is C18H16BrN3O2S. The van der Waals surface area contributed by atoms with Crippen molar-refractivity contribution in [3.8, 4) is 5.75 Å². The van der Waals surface area contributed by atoms with E-state index in [0.29, 0.717) is 10.3 Å². The Labute approximate surface area is 156 Å². The fourth-order valence-electron chi connectivity index (χ4n) is 3.16. The molecule has 1 aliphatic rings. The number of rotatable bonds is 2. The lowest BCUT2D eigenvalue weighted by Gasteiger charge is -2.10. The standard InChI is InChI=1S/C18H16BrN3O2S/c1-10-21-17-16(12-4-2-3-5-15(12)25-17)18(24)22(10)20-9-11-6-7-14(23)13(19)8-11/h6-9,23H,2-5H2,1H3/b20-9-. The number of hydrogen-bond acceptors (Lipinski definition) is 5. The first-order valence-electron chi connectivity index (χ1n) is 8.11. The van der Waals surface area contributed by atoms with Crippen LogP contribution in [0.5, 0.6) is 5.75 Å². The maximum atomic E-state index is 13.0. The molecule has 0 spiro atoms. The van der Waals surface area contributed by atoms with Crippen molar-refractivity contribution in [2.45, 2.75) is 32.6 Å². The Morgan fingerprint density at radius 1 is 1.36 bits per heavy atom. The predicted molar refractivity (Wildman–Crippen MR) is 104 cm³/mol. The minimum absolute atomic E-state index is 0.101. The van der Waals surface area contributed by atoms with Crippen LogP contribution < -0.4 is 5.56 Å². The molecule has 0 radical (unpaired) electrons. The van der Waals surface area contributed by atoms with Crippen molar-refractivity contribution in [2.24, 2.45) is 5.10 Å². The fraction of sp³-hybridized carbons (Fsp3) is 0.278. The molecule has 0 atom stereocenters.